The maximum atomic E-state index is 11.7. The number of aryl methyl sites for hydroxylation is 1. The lowest BCUT2D eigenvalue weighted by Gasteiger charge is -2.33. The van der Waals surface area contributed by atoms with Crippen molar-refractivity contribution in [2.24, 2.45) is 0 Å². The van der Waals surface area contributed by atoms with Gasteiger partial charge in [0.15, 0.2) is 0 Å². The third-order valence-electron chi connectivity index (χ3n) is 3.96. The van der Waals surface area contributed by atoms with Crippen molar-refractivity contribution in [1.29, 1.82) is 0 Å². The van der Waals surface area contributed by atoms with Crippen molar-refractivity contribution < 1.29 is 4.79 Å². The summed E-state index contributed by atoms with van der Waals surface area (Å²) in [5.41, 5.74) is 1.06. The second kappa shape index (κ2) is 8.34. The Morgan fingerprint density at radius 2 is 2.24 bits per heavy atom. The number of likely N-dealkylation sites (tertiary alicyclic amines) is 1. The molecule has 0 bridgehead atoms. The van der Waals surface area contributed by atoms with E-state index in [0.29, 0.717) is 19.1 Å². The van der Waals surface area contributed by atoms with Crippen LogP contribution in [0.15, 0.2) is 5.38 Å². The average Bonchev–Trinajstić information content (AvgIpc) is 2.87. The minimum atomic E-state index is -0.0772. The molecule has 1 aliphatic heterocycles. The van der Waals surface area contributed by atoms with Gasteiger partial charge in [-0.1, -0.05) is 6.42 Å². The normalized spacial score (nSPS) is 19.4. The van der Waals surface area contributed by atoms with E-state index in [-0.39, 0.29) is 6.03 Å². The monoisotopic (exact) mass is 310 g/mol. The molecule has 2 N–H and O–H groups in total. The van der Waals surface area contributed by atoms with Gasteiger partial charge in [0.2, 0.25) is 0 Å². The summed E-state index contributed by atoms with van der Waals surface area (Å²) >= 11 is 1.65. The third-order valence-corrected chi connectivity index (χ3v) is 4.78. The first-order valence-electron chi connectivity index (χ1n) is 7.82. The van der Waals surface area contributed by atoms with Crippen LogP contribution in [0.1, 0.15) is 36.9 Å². The average molecular weight is 310 g/mol. The number of rotatable bonds is 6. The molecule has 1 aliphatic rings. The van der Waals surface area contributed by atoms with Crippen LogP contribution in [0.3, 0.4) is 0 Å². The largest absolute Gasteiger partial charge is 0.338 e. The van der Waals surface area contributed by atoms with Crippen LogP contribution in [0.4, 0.5) is 4.79 Å². The lowest BCUT2D eigenvalue weighted by molar-refractivity contribution is 0.161. The zero-order valence-corrected chi connectivity index (χ0v) is 13.8. The lowest BCUT2D eigenvalue weighted by atomic mass is 10.0. The summed E-state index contributed by atoms with van der Waals surface area (Å²) in [6.07, 6.45) is 4.69. The van der Waals surface area contributed by atoms with E-state index < -0.39 is 0 Å². The van der Waals surface area contributed by atoms with E-state index in [0.717, 1.165) is 30.2 Å². The van der Waals surface area contributed by atoms with E-state index in [1.54, 1.807) is 11.3 Å². The number of hydrogen-bond acceptors (Lipinski definition) is 4. The maximum Gasteiger partial charge on any atom is 0.314 e. The summed E-state index contributed by atoms with van der Waals surface area (Å²) in [4.78, 5) is 18.5. The van der Waals surface area contributed by atoms with Crippen LogP contribution in [0.5, 0.6) is 0 Å². The predicted octanol–water partition coefficient (Wildman–Crippen LogP) is 2.17. The van der Waals surface area contributed by atoms with Crippen LogP contribution >= 0.6 is 11.3 Å². The number of nitrogens with one attached hydrogen (secondary N) is 2. The highest BCUT2D eigenvalue weighted by molar-refractivity contribution is 7.09. The fraction of sp³-hybridized carbons (Fsp3) is 0.733. The van der Waals surface area contributed by atoms with E-state index in [1.807, 2.05) is 12.3 Å². The lowest BCUT2D eigenvalue weighted by Crippen LogP contribution is -2.44. The first-order chi connectivity index (χ1) is 10.1. The van der Waals surface area contributed by atoms with E-state index in [1.165, 1.54) is 19.3 Å². The summed E-state index contributed by atoms with van der Waals surface area (Å²) in [5, 5.41) is 8.94. The fourth-order valence-electron chi connectivity index (χ4n) is 2.69. The van der Waals surface area contributed by atoms with Crippen LogP contribution in [-0.2, 0) is 6.42 Å². The molecular formula is C15H26N4OS. The van der Waals surface area contributed by atoms with Gasteiger partial charge in [-0.25, -0.2) is 9.78 Å². The quantitative estimate of drug-likeness (QED) is 0.846. The highest BCUT2D eigenvalue weighted by Gasteiger charge is 2.17. The number of nitrogens with zero attached hydrogens (tertiary/aromatic N) is 2. The number of piperidine rings is 1. The zero-order chi connectivity index (χ0) is 15.1. The molecule has 2 rings (SSSR count). The number of carbonyl (C=O) groups is 1. The standard InChI is InChI=1S/C15H26N4OS/c1-12-5-3-4-9-19(12)10-8-17-15(20)16-7-6-14-11-21-13(2)18-14/h11-12H,3-10H2,1-2H3,(H2,16,17,20). The molecule has 1 unspecified atom stereocenters. The minimum absolute atomic E-state index is 0.0772. The molecule has 1 aromatic rings. The van der Waals surface area contributed by atoms with E-state index in [4.69, 9.17) is 0 Å². The molecule has 1 atom stereocenters. The van der Waals surface area contributed by atoms with Gasteiger partial charge in [-0.15, -0.1) is 11.3 Å². The van der Waals surface area contributed by atoms with Crippen molar-refractivity contribution in [1.82, 2.24) is 20.5 Å². The van der Waals surface area contributed by atoms with Gasteiger partial charge < -0.3 is 10.6 Å². The molecule has 2 heterocycles. The topological polar surface area (TPSA) is 57.3 Å². The number of thiazole rings is 1. The highest BCUT2D eigenvalue weighted by atomic mass is 32.1. The third kappa shape index (κ3) is 5.63. The Hall–Kier alpha value is -1.14. The van der Waals surface area contributed by atoms with Gasteiger partial charge >= 0.3 is 6.03 Å². The first-order valence-corrected chi connectivity index (χ1v) is 8.70. The van der Waals surface area contributed by atoms with Crippen molar-refractivity contribution in [2.75, 3.05) is 26.2 Å². The summed E-state index contributed by atoms with van der Waals surface area (Å²) in [5.74, 6) is 0. The summed E-state index contributed by atoms with van der Waals surface area (Å²) in [6.45, 7) is 7.72. The summed E-state index contributed by atoms with van der Waals surface area (Å²) < 4.78 is 0. The Bertz CT molecular complexity index is 449. The molecule has 0 radical (unpaired) electrons. The molecule has 1 aromatic heterocycles. The number of aromatic nitrogens is 1. The van der Waals surface area contributed by atoms with Crippen molar-refractivity contribution in [3.63, 3.8) is 0 Å². The van der Waals surface area contributed by atoms with Crippen LogP contribution in [0, 0.1) is 6.92 Å². The Labute approximate surface area is 131 Å². The smallest absolute Gasteiger partial charge is 0.314 e. The van der Waals surface area contributed by atoms with Crippen molar-refractivity contribution in [2.45, 2.75) is 45.6 Å². The molecule has 1 saturated heterocycles. The van der Waals surface area contributed by atoms with Crippen LogP contribution < -0.4 is 10.6 Å². The van der Waals surface area contributed by atoms with E-state index in [9.17, 15) is 4.79 Å². The molecular weight excluding hydrogens is 284 g/mol. The zero-order valence-electron chi connectivity index (χ0n) is 13.0. The first kappa shape index (κ1) is 16.2. The fourth-order valence-corrected chi connectivity index (χ4v) is 3.34. The number of carbonyl (C=O) groups excluding carboxylic acids is 1. The Balaban J connectivity index is 1.55. The van der Waals surface area contributed by atoms with Crippen LogP contribution in [-0.4, -0.2) is 48.1 Å². The number of amides is 2. The Morgan fingerprint density at radius 1 is 1.43 bits per heavy atom. The minimum Gasteiger partial charge on any atom is -0.338 e. The van der Waals surface area contributed by atoms with Gasteiger partial charge in [0.05, 0.1) is 10.7 Å². The molecule has 118 valence electrons. The van der Waals surface area contributed by atoms with E-state index >= 15 is 0 Å². The molecule has 0 saturated carbocycles. The van der Waals surface area contributed by atoms with Gasteiger partial charge in [-0.3, -0.25) is 4.90 Å². The molecule has 6 heteroatoms. The Kier molecular flexibility index (Phi) is 6.45. The molecule has 1 fully saturated rings. The van der Waals surface area contributed by atoms with Crippen molar-refractivity contribution in [3.05, 3.63) is 16.1 Å². The molecule has 2 amide bonds. The second-order valence-electron chi connectivity index (χ2n) is 5.67. The van der Waals surface area contributed by atoms with Crippen LogP contribution in [0.25, 0.3) is 0 Å². The SMILES string of the molecule is Cc1nc(CCNC(=O)NCCN2CCCCC2C)cs1. The van der Waals surface area contributed by atoms with Crippen molar-refractivity contribution >= 4 is 17.4 Å². The number of urea groups is 1. The molecule has 0 aliphatic carbocycles. The van der Waals surface area contributed by atoms with E-state index in [2.05, 4.69) is 27.4 Å². The van der Waals surface area contributed by atoms with Gasteiger partial charge in [0, 0.05) is 37.5 Å². The van der Waals surface area contributed by atoms with Crippen LogP contribution in [0.2, 0.25) is 0 Å². The highest BCUT2D eigenvalue weighted by Crippen LogP contribution is 2.15. The molecule has 5 nitrogen and oxygen atoms in total. The van der Waals surface area contributed by atoms with Gasteiger partial charge in [0.25, 0.3) is 0 Å². The van der Waals surface area contributed by atoms with Gasteiger partial charge in [-0.2, -0.15) is 0 Å². The maximum absolute atomic E-state index is 11.7. The van der Waals surface area contributed by atoms with Gasteiger partial charge in [-0.05, 0) is 33.2 Å². The van der Waals surface area contributed by atoms with Crippen molar-refractivity contribution in [3.8, 4) is 0 Å². The Morgan fingerprint density at radius 3 is 2.95 bits per heavy atom. The predicted molar refractivity (Wildman–Crippen MR) is 86.8 cm³/mol. The second-order valence-corrected chi connectivity index (χ2v) is 6.73. The molecule has 0 aromatic carbocycles. The summed E-state index contributed by atoms with van der Waals surface area (Å²) in [7, 11) is 0. The number of hydrogen-bond donors (Lipinski definition) is 2. The molecule has 0 spiro atoms. The van der Waals surface area contributed by atoms with Gasteiger partial charge in [0.1, 0.15) is 0 Å². The molecule has 21 heavy (non-hydrogen) atoms. The summed E-state index contributed by atoms with van der Waals surface area (Å²) in [6, 6.07) is 0.572.